The van der Waals surface area contributed by atoms with Crippen molar-refractivity contribution in [3.8, 4) is 11.5 Å². The van der Waals surface area contributed by atoms with Gasteiger partial charge in [0.1, 0.15) is 8.07 Å². The zero-order valence-corrected chi connectivity index (χ0v) is 14.5. The van der Waals surface area contributed by atoms with Gasteiger partial charge in [-0.1, -0.05) is 65.9 Å². The molecule has 0 aliphatic rings. The van der Waals surface area contributed by atoms with Crippen LogP contribution in [0.15, 0.2) is 40.9 Å². The molecular formula is C17H19BrSi. The van der Waals surface area contributed by atoms with Crippen LogP contribution in [-0.4, -0.2) is 8.07 Å². The molecule has 0 amide bonds. The van der Waals surface area contributed by atoms with E-state index in [9.17, 15) is 0 Å². The quantitative estimate of drug-likeness (QED) is 0.472. The second-order valence-corrected chi connectivity index (χ2v) is 11.5. The molecule has 0 saturated carbocycles. The first-order valence-electron chi connectivity index (χ1n) is 6.58. The largest absolute Gasteiger partial charge is 0.131 e. The van der Waals surface area contributed by atoms with Crippen molar-refractivity contribution < 1.29 is 0 Å². The van der Waals surface area contributed by atoms with Gasteiger partial charge in [-0.25, -0.2) is 0 Å². The molecule has 19 heavy (non-hydrogen) atoms. The molecule has 0 N–H and O–H groups in total. The Balaban J connectivity index is 2.51. The van der Waals surface area contributed by atoms with Gasteiger partial charge in [0.2, 0.25) is 0 Å². The highest BCUT2D eigenvalue weighted by atomic mass is 79.9. The van der Waals surface area contributed by atoms with Crippen molar-refractivity contribution >= 4 is 34.8 Å². The summed E-state index contributed by atoms with van der Waals surface area (Å²) >= 11 is 3.62. The lowest BCUT2D eigenvalue weighted by molar-refractivity contribution is 1.02. The maximum absolute atomic E-state index is 3.62. The molecule has 0 aliphatic carbocycles. The SMILES string of the molecule is CC(C#C[Si](C)(C)C)c1ccc(Br)c2ccccc12. The average Bonchev–Trinajstić information content (AvgIpc) is 2.36. The summed E-state index contributed by atoms with van der Waals surface area (Å²) in [5.74, 6) is 3.73. The van der Waals surface area contributed by atoms with Crippen LogP contribution < -0.4 is 0 Å². The third-order valence-corrected chi connectivity index (χ3v) is 4.62. The molecule has 0 spiro atoms. The minimum Gasteiger partial charge on any atom is -0.131 e. The second kappa shape index (κ2) is 5.52. The molecule has 0 aromatic heterocycles. The summed E-state index contributed by atoms with van der Waals surface area (Å²) in [5.41, 5.74) is 4.80. The van der Waals surface area contributed by atoms with Crippen molar-refractivity contribution in [2.75, 3.05) is 0 Å². The van der Waals surface area contributed by atoms with Crippen LogP contribution in [0.3, 0.4) is 0 Å². The maximum Gasteiger partial charge on any atom is 0.129 e. The summed E-state index contributed by atoms with van der Waals surface area (Å²) in [5, 5.41) is 2.57. The second-order valence-electron chi connectivity index (χ2n) is 5.92. The molecular weight excluding hydrogens is 312 g/mol. The predicted octanol–water partition coefficient (Wildman–Crippen LogP) is 5.59. The molecule has 0 nitrogen and oxygen atoms in total. The van der Waals surface area contributed by atoms with Gasteiger partial charge in [0.15, 0.2) is 0 Å². The summed E-state index contributed by atoms with van der Waals surface area (Å²) < 4.78 is 1.15. The molecule has 0 bridgehead atoms. The van der Waals surface area contributed by atoms with E-state index in [0.29, 0.717) is 0 Å². The van der Waals surface area contributed by atoms with E-state index >= 15 is 0 Å². The Hall–Kier alpha value is -1.04. The maximum atomic E-state index is 3.62. The Morgan fingerprint density at radius 1 is 1.00 bits per heavy atom. The number of hydrogen-bond donors (Lipinski definition) is 0. The number of fused-ring (bicyclic) bond motifs is 1. The molecule has 0 fully saturated rings. The molecule has 2 aromatic carbocycles. The average molecular weight is 331 g/mol. The van der Waals surface area contributed by atoms with Gasteiger partial charge in [0.05, 0.1) is 0 Å². The number of benzene rings is 2. The Kier molecular flexibility index (Phi) is 4.18. The van der Waals surface area contributed by atoms with Crippen LogP contribution >= 0.6 is 15.9 Å². The van der Waals surface area contributed by atoms with Gasteiger partial charge in [-0.05, 0) is 29.3 Å². The minimum absolute atomic E-state index is 0.282. The van der Waals surface area contributed by atoms with Crippen molar-refractivity contribution in [2.24, 2.45) is 0 Å². The Morgan fingerprint density at radius 2 is 1.63 bits per heavy atom. The van der Waals surface area contributed by atoms with E-state index < -0.39 is 8.07 Å². The van der Waals surface area contributed by atoms with E-state index in [0.717, 1.165) is 4.47 Å². The highest BCUT2D eigenvalue weighted by Gasteiger charge is 2.11. The van der Waals surface area contributed by atoms with Gasteiger partial charge >= 0.3 is 0 Å². The summed E-state index contributed by atoms with van der Waals surface area (Å²) in [6.45, 7) is 9.05. The lowest BCUT2D eigenvalue weighted by Crippen LogP contribution is -2.16. The van der Waals surface area contributed by atoms with Crippen molar-refractivity contribution in [3.63, 3.8) is 0 Å². The Labute approximate surface area is 125 Å². The minimum atomic E-state index is -1.30. The third-order valence-electron chi connectivity index (χ3n) is 3.03. The molecule has 1 atom stereocenters. The van der Waals surface area contributed by atoms with Crippen molar-refractivity contribution in [1.29, 1.82) is 0 Å². The molecule has 2 heteroatoms. The van der Waals surface area contributed by atoms with Crippen molar-refractivity contribution in [1.82, 2.24) is 0 Å². The zero-order valence-electron chi connectivity index (χ0n) is 11.9. The van der Waals surface area contributed by atoms with Crippen LogP contribution in [0.2, 0.25) is 19.6 Å². The monoisotopic (exact) mass is 330 g/mol. The Morgan fingerprint density at radius 3 is 2.26 bits per heavy atom. The van der Waals surface area contributed by atoms with Crippen LogP contribution in [0.25, 0.3) is 10.8 Å². The van der Waals surface area contributed by atoms with Gasteiger partial charge in [-0.2, -0.15) is 0 Å². The van der Waals surface area contributed by atoms with Crippen molar-refractivity contribution in [2.45, 2.75) is 32.5 Å². The van der Waals surface area contributed by atoms with E-state index in [4.69, 9.17) is 0 Å². The number of rotatable bonds is 1. The highest BCUT2D eigenvalue weighted by Crippen LogP contribution is 2.30. The third kappa shape index (κ3) is 3.49. The zero-order chi connectivity index (χ0) is 14.0. The number of hydrogen-bond acceptors (Lipinski definition) is 0. The van der Waals surface area contributed by atoms with Gasteiger partial charge < -0.3 is 0 Å². The fraction of sp³-hybridized carbons (Fsp3) is 0.294. The topological polar surface area (TPSA) is 0 Å². The molecule has 1 unspecified atom stereocenters. The molecule has 2 aromatic rings. The van der Waals surface area contributed by atoms with Crippen molar-refractivity contribution in [3.05, 3.63) is 46.4 Å². The smallest absolute Gasteiger partial charge is 0.129 e. The van der Waals surface area contributed by atoms with Crippen LogP contribution in [0, 0.1) is 11.5 Å². The van der Waals surface area contributed by atoms with E-state index in [1.807, 2.05) is 0 Å². The van der Waals surface area contributed by atoms with E-state index in [2.05, 4.69) is 90.4 Å². The first-order chi connectivity index (χ1) is 8.88. The Bertz CT molecular complexity index is 656. The molecule has 2 rings (SSSR count). The van der Waals surface area contributed by atoms with E-state index in [1.54, 1.807) is 0 Å². The predicted molar refractivity (Wildman–Crippen MR) is 91.2 cm³/mol. The van der Waals surface area contributed by atoms with Gasteiger partial charge in [0.25, 0.3) is 0 Å². The lowest BCUT2D eigenvalue weighted by Gasteiger charge is -2.12. The molecule has 98 valence electrons. The van der Waals surface area contributed by atoms with Crippen LogP contribution in [0.1, 0.15) is 18.4 Å². The van der Waals surface area contributed by atoms with Gasteiger partial charge in [-0.3, -0.25) is 0 Å². The number of halogens is 1. The summed E-state index contributed by atoms with van der Waals surface area (Å²) in [7, 11) is -1.30. The van der Waals surface area contributed by atoms with Crippen LogP contribution in [-0.2, 0) is 0 Å². The molecule has 0 aliphatic heterocycles. The lowest BCUT2D eigenvalue weighted by atomic mass is 9.95. The summed E-state index contributed by atoms with van der Waals surface area (Å²) in [6.07, 6.45) is 0. The molecule has 0 saturated heterocycles. The van der Waals surface area contributed by atoms with Gasteiger partial charge in [-0.15, -0.1) is 11.5 Å². The molecule has 0 heterocycles. The van der Waals surface area contributed by atoms with E-state index in [-0.39, 0.29) is 5.92 Å². The van der Waals surface area contributed by atoms with E-state index in [1.165, 1.54) is 16.3 Å². The first-order valence-corrected chi connectivity index (χ1v) is 10.9. The normalized spacial score (nSPS) is 12.9. The fourth-order valence-electron chi connectivity index (χ4n) is 2.07. The van der Waals surface area contributed by atoms with Crippen LogP contribution in [0.5, 0.6) is 0 Å². The fourth-order valence-corrected chi connectivity index (χ4v) is 3.19. The summed E-state index contributed by atoms with van der Waals surface area (Å²) in [4.78, 5) is 0. The van der Waals surface area contributed by atoms with Gasteiger partial charge in [0, 0.05) is 10.4 Å². The first kappa shape index (κ1) is 14.4. The highest BCUT2D eigenvalue weighted by molar-refractivity contribution is 9.10. The summed E-state index contributed by atoms with van der Waals surface area (Å²) in [6, 6.07) is 12.8. The van der Waals surface area contributed by atoms with Crippen LogP contribution in [0.4, 0.5) is 0 Å². The molecule has 0 radical (unpaired) electrons. The standard InChI is InChI=1S/C17H19BrSi/c1-13(11-12-19(2,3)4)14-9-10-17(18)16-8-6-5-7-15(14)16/h5-10,13H,1-4H3.